The largest absolute Gasteiger partial charge is 0.516 e. The normalized spacial score (nSPS) is 13.1. The Balaban J connectivity index is 0.000000321. The highest BCUT2D eigenvalue weighted by molar-refractivity contribution is 7.90. The van der Waals surface area contributed by atoms with Gasteiger partial charge in [0.2, 0.25) is 27.7 Å². The molecule has 8 aromatic rings. The predicted molar refractivity (Wildman–Crippen MR) is 411 cm³/mol. The number of aromatic nitrogens is 1. The zero-order valence-electron chi connectivity index (χ0n) is 63.4. The summed E-state index contributed by atoms with van der Waals surface area (Å²) in [6, 6.07) is 56.9. The van der Waals surface area contributed by atoms with Gasteiger partial charge in [-0.05, 0) is 133 Å². The zero-order chi connectivity index (χ0) is 78.0. The Hall–Kier alpha value is -8.88. The Labute approximate surface area is 609 Å². The number of carbonyl (C=O) groups excluding carboxylic acids is 6. The second kappa shape index (κ2) is 39.7. The highest BCUT2D eigenvalue weighted by Gasteiger charge is 2.47. The van der Waals surface area contributed by atoms with E-state index in [9.17, 15) is 63.6 Å². The van der Waals surface area contributed by atoms with E-state index in [0.29, 0.717) is 41.7 Å². The maximum atomic E-state index is 12.7. The van der Waals surface area contributed by atoms with Crippen LogP contribution in [-0.2, 0) is 46.4 Å². The van der Waals surface area contributed by atoms with Crippen LogP contribution in [0.2, 0.25) is 0 Å². The molecule has 4 atom stereocenters. The fraction of sp³-hybridized carbons (Fsp3) is 0.410. The van der Waals surface area contributed by atoms with Crippen molar-refractivity contribution in [2.24, 2.45) is 16.7 Å². The van der Waals surface area contributed by atoms with Crippen molar-refractivity contribution in [1.29, 1.82) is 0 Å². The number of rotatable bonds is 16. The number of benzene rings is 7. The fourth-order valence-corrected chi connectivity index (χ4v) is 10.9. The third-order valence-corrected chi connectivity index (χ3v) is 20.0. The molecule has 7 aromatic carbocycles. The number of nitrogens with one attached hydrogen (secondary N) is 3. The van der Waals surface area contributed by atoms with Crippen LogP contribution in [0.25, 0.3) is 21.8 Å². The first-order valence-corrected chi connectivity index (χ1v) is 38.4. The standard InChI is InChI=1S/C21H19NO4.C15H13NO.C14H22.2C10H14.C7H15NO3S.C6H10F3NO3S/c1-4-21(2,3)20(26)22-19(25)12-9-10-15-16(11-12)18(24)14-8-6-5-7-13(14)17(15)23;1-2-16-13-9-5-3-7-11(13)15(17)12-8-4-6-10-14(12)16;1-6-11(2)12-7-9-13(10-8-12)14(3,4)5;2*1-3-9(2)10-7-5-4-6-8-10;1-5-7(2,3)6(9)8-12(4,10)11;1-3-4(2)5(11)10-14(12,13)6(7,8)9/h5-11H,4H2,1-3H3,(H,22,25,26);3-10H,2H2,1H3;7-11H,6H2,1-5H3;2*4-9H,3H2,1-2H3;5H2,1-4H3,(H,8,9);4H,3H2,1-2H3,(H,10,11). The minimum absolute atomic E-state index is 0.126. The maximum Gasteiger partial charge on any atom is 0.516 e. The molecule has 1 aliphatic carbocycles. The zero-order valence-corrected chi connectivity index (χ0v) is 65.0. The average Bonchev–Trinajstić information content (AvgIpc) is 0.767. The first-order valence-electron chi connectivity index (χ1n) is 35.1. The smallest absolute Gasteiger partial charge is 0.341 e. The summed E-state index contributed by atoms with van der Waals surface area (Å²) in [6.07, 6.45) is 6.09. The maximum absolute atomic E-state index is 12.7. The Bertz CT molecular complexity index is 4330. The van der Waals surface area contributed by atoms with E-state index in [2.05, 4.69) is 164 Å². The molecule has 0 bridgehead atoms. The van der Waals surface area contributed by atoms with E-state index in [-0.39, 0.29) is 51.4 Å². The van der Waals surface area contributed by atoms with Crippen molar-refractivity contribution < 1.29 is 58.8 Å². The molecule has 0 spiro atoms. The molecule has 4 amide bonds. The molecule has 3 N–H and O–H groups in total. The summed E-state index contributed by atoms with van der Waals surface area (Å²) in [4.78, 5) is 84.3. The van der Waals surface area contributed by atoms with Crippen LogP contribution in [0.15, 0.2) is 181 Å². The van der Waals surface area contributed by atoms with Gasteiger partial charge in [-0.2, -0.15) is 21.6 Å². The van der Waals surface area contributed by atoms with E-state index in [4.69, 9.17) is 0 Å². The van der Waals surface area contributed by atoms with E-state index >= 15 is 0 Å². The summed E-state index contributed by atoms with van der Waals surface area (Å²) >= 11 is 0. The van der Waals surface area contributed by atoms with Crippen molar-refractivity contribution in [1.82, 2.24) is 19.3 Å². The van der Waals surface area contributed by atoms with Gasteiger partial charge in [0.25, 0.3) is 5.91 Å². The van der Waals surface area contributed by atoms with E-state index < -0.39 is 60.0 Å². The minimum atomic E-state index is -5.55. The highest BCUT2D eigenvalue weighted by Crippen LogP contribution is 2.30. The molecule has 0 aliphatic heterocycles. The van der Waals surface area contributed by atoms with Crippen LogP contribution in [0.3, 0.4) is 0 Å². The van der Waals surface area contributed by atoms with Gasteiger partial charge in [0.1, 0.15) is 0 Å². The number of nitrogens with zero attached hydrogens (tertiary/aromatic N) is 1. The second-order valence-electron chi connectivity index (χ2n) is 27.9. The third-order valence-electron chi connectivity index (χ3n) is 18.4. The van der Waals surface area contributed by atoms with Crippen LogP contribution in [-0.4, -0.2) is 68.4 Å². The average molecular weight is 1460 g/mol. The van der Waals surface area contributed by atoms with Crippen LogP contribution in [0.1, 0.15) is 245 Å². The number of hydrogen-bond donors (Lipinski definition) is 3. The summed E-state index contributed by atoms with van der Waals surface area (Å²) < 4.78 is 82.6. The van der Waals surface area contributed by atoms with Gasteiger partial charge >= 0.3 is 15.5 Å². The highest BCUT2D eigenvalue weighted by atomic mass is 32.2. The van der Waals surface area contributed by atoms with E-state index in [1.54, 1.807) is 58.9 Å². The summed E-state index contributed by atoms with van der Waals surface area (Å²) in [7, 11) is -8.97. The third kappa shape index (κ3) is 26.1. The molecule has 558 valence electrons. The predicted octanol–water partition coefficient (Wildman–Crippen LogP) is 18.7. The molecule has 9 rings (SSSR count). The van der Waals surface area contributed by atoms with Gasteiger partial charge in [-0.3, -0.25) is 43.6 Å². The molecule has 0 fully saturated rings. The number of aryl methyl sites for hydroxylation is 1. The van der Waals surface area contributed by atoms with Crippen LogP contribution in [0.5, 0.6) is 0 Å². The number of pyridine rings is 1. The number of fused-ring (bicyclic) bond motifs is 4. The molecular weight excluding hydrogens is 1350 g/mol. The minimum Gasteiger partial charge on any atom is -0.341 e. The Morgan fingerprint density at radius 2 is 0.835 bits per heavy atom. The van der Waals surface area contributed by atoms with Crippen LogP contribution in [0.4, 0.5) is 13.2 Å². The summed E-state index contributed by atoms with van der Waals surface area (Å²) in [6.45, 7) is 36.7. The van der Waals surface area contributed by atoms with Gasteiger partial charge < -0.3 is 4.57 Å². The molecule has 20 heteroatoms. The molecule has 103 heavy (non-hydrogen) atoms. The quantitative estimate of drug-likeness (QED) is 0.0771. The van der Waals surface area contributed by atoms with Crippen molar-refractivity contribution in [2.75, 3.05) is 6.26 Å². The second-order valence-corrected chi connectivity index (χ2v) is 31.3. The Morgan fingerprint density at radius 1 is 0.456 bits per heavy atom. The molecule has 1 aliphatic rings. The number of ketones is 2. The van der Waals surface area contributed by atoms with Crippen molar-refractivity contribution in [3.05, 3.63) is 236 Å². The van der Waals surface area contributed by atoms with Gasteiger partial charge in [0, 0.05) is 61.9 Å². The van der Waals surface area contributed by atoms with Gasteiger partial charge in [0.05, 0.1) is 17.3 Å². The lowest BCUT2D eigenvalue weighted by Crippen LogP contribution is -2.42. The lowest BCUT2D eigenvalue weighted by atomic mass is 9.83. The van der Waals surface area contributed by atoms with Gasteiger partial charge in [-0.25, -0.2) is 13.1 Å². The van der Waals surface area contributed by atoms with Crippen molar-refractivity contribution >= 4 is 77.0 Å². The number of alkyl halides is 3. The van der Waals surface area contributed by atoms with Crippen LogP contribution in [0, 0.1) is 16.7 Å². The van der Waals surface area contributed by atoms with Crippen LogP contribution < -0.4 is 20.2 Å². The SMILES string of the molecule is CCC(C)(C)C(=O)NC(=O)c1ccc2c(c1)C(=O)c1ccccc1C2=O.CCC(C)(C)C(=O)NS(C)(=O)=O.CCC(C)C(=O)NS(=O)(=O)C(F)(F)F.CCC(C)c1ccc(C(C)(C)C)cc1.CCC(C)c1ccccc1.CCC(C)c1ccccc1.CCn1c2ccccc2c(=O)c2ccccc21. The molecular formula is C83H107F3N4O11S2. The number of imide groups is 1. The lowest BCUT2D eigenvalue weighted by molar-refractivity contribution is -0.128. The van der Waals surface area contributed by atoms with Crippen molar-refractivity contribution in [3.63, 3.8) is 0 Å². The first-order chi connectivity index (χ1) is 48.0. The molecule has 1 aromatic heterocycles. The Morgan fingerprint density at radius 3 is 1.21 bits per heavy atom. The summed E-state index contributed by atoms with van der Waals surface area (Å²) in [5.74, 6) is -1.78. The molecule has 1 heterocycles. The number of sulfonamides is 2. The van der Waals surface area contributed by atoms with Gasteiger partial charge in [-0.15, -0.1) is 0 Å². The topological polar surface area (TPSA) is 229 Å². The van der Waals surface area contributed by atoms with Gasteiger partial charge in [-0.1, -0.05) is 251 Å². The van der Waals surface area contributed by atoms with Crippen molar-refractivity contribution in [2.45, 2.75) is 198 Å². The van der Waals surface area contributed by atoms with E-state index in [0.717, 1.165) is 39.3 Å². The van der Waals surface area contributed by atoms with Crippen LogP contribution >= 0.6 is 0 Å². The number of carbonyl (C=O) groups is 6. The van der Waals surface area contributed by atoms with E-state index in [1.165, 1.54) is 66.6 Å². The monoisotopic (exact) mass is 1460 g/mol. The Kier molecular flexibility index (Phi) is 34.0. The van der Waals surface area contributed by atoms with Crippen molar-refractivity contribution in [3.8, 4) is 0 Å². The summed E-state index contributed by atoms with van der Waals surface area (Å²) in [5, 5.41) is 3.96. The molecule has 15 nitrogen and oxygen atoms in total. The molecule has 0 radical (unpaired) electrons. The van der Waals surface area contributed by atoms with E-state index in [1.807, 2.05) is 67.1 Å². The molecule has 0 saturated carbocycles. The number of hydrogen-bond acceptors (Lipinski definition) is 11. The molecule has 4 unspecified atom stereocenters. The summed E-state index contributed by atoms with van der Waals surface area (Å²) in [5.41, 5.74) is 2.77. The molecule has 0 saturated heterocycles. The van der Waals surface area contributed by atoms with Gasteiger partial charge in [0.15, 0.2) is 17.0 Å². The first kappa shape index (κ1) is 88.3. The number of halogens is 3. The number of amides is 4. The lowest BCUT2D eigenvalue weighted by Gasteiger charge is -2.21. The number of para-hydroxylation sites is 2. The fourth-order valence-electron chi connectivity index (χ4n) is 9.69.